The number of carbonyl (C=O) groups is 1. The van der Waals surface area contributed by atoms with Gasteiger partial charge >= 0.3 is 6.09 Å². The van der Waals surface area contributed by atoms with Crippen LogP contribution >= 0.6 is 0 Å². The number of fused-ring (bicyclic) bond motifs is 1. The van der Waals surface area contributed by atoms with Gasteiger partial charge in [0.2, 0.25) is 0 Å². The van der Waals surface area contributed by atoms with Crippen molar-refractivity contribution in [3.8, 4) is 16.9 Å². The molecule has 1 aliphatic heterocycles. The number of aromatic nitrogens is 1. The quantitative estimate of drug-likeness (QED) is 0.579. The van der Waals surface area contributed by atoms with Gasteiger partial charge in [-0.2, -0.15) is 0 Å². The van der Waals surface area contributed by atoms with E-state index in [4.69, 9.17) is 14.0 Å². The number of methoxy groups -OCH3 is 1. The zero-order valence-electron chi connectivity index (χ0n) is 18.0. The minimum absolute atomic E-state index is 0.291. The molecule has 6 heteroatoms. The minimum Gasteiger partial charge on any atom is -0.496 e. The lowest BCUT2D eigenvalue weighted by Crippen LogP contribution is -2.35. The summed E-state index contributed by atoms with van der Waals surface area (Å²) in [4.78, 5) is 14.1. The van der Waals surface area contributed by atoms with Crippen molar-refractivity contribution in [3.63, 3.8) is 0 Å². The van der Waals surface area contributed by atoms with Crippen LogP contribution in [0, 0.1) is 6.92 Å². The monoisotopic (exact) mass is 406 g/mol. The Kier molecular flexibility index (Phi) is 5.02. The van der Waals surface area contributed by atoms with Crippen molar-refractivity contribution in [2.75, 3.05) is 20.2 Å². The third-order valence-electron chi connectivity index (χ3n) is 5.07. The molecule has 0 saturated carbocycles. The summed E-state index contributed by atoms with van der Waals surface area (Å²) in [5, 5.41) is 4.95. The maximum Gasteiger partial charge on any atom is 0.410 e. The van der Waals surface area contributed by atoms with Crippen LogP contribution in [-0.2, 0) is 4.74 Å². The predicted molar refractivity (Wildman–Crippen MR) is 117 cm³/mol. The van der Waals surface area contributed by atoms with E-state index in [0.29, 0.717) is 18.7 Å². The van der Waals surface area contributed by atoms with Gasteiger partial charge in [-0.3, -0.25) is 0 Å². The first-order chi connectivity index (χ1) is 14.2. The summed E-state index contributed by atoms with van der Waals surface area (Å²) >= 11 is 0. The highest BCUT2D eigenvalue weighted by Crippen LogP contribution is 2.35. The molecule has 0 fully saturated rings. The highest BCUT2D eigenvalue weighted by atomic mass is 16.6. The fourth-order valence-corrected chi connectivity index (χ4v) is 3.64. The second-order valence-corrected chi connectivity index (χ2v) is 8.49. The fraction of sp³-hybridized carbons (Fsp3) is 0.333. The summed E-state index contributed by atoms with van der Waals surface area (Å²) in [5.74, 6) is 0.739. The van der Waals surface area contributed by atoms with Crippen molar-refractivity contribution in [2.24, 2.45) is 0 Å². The molecule has 2 aromatic carbocycles. The van der Waals surface area contributed by atoms with Crippen LogP contribution < -0.4 is 4.74 Å². The first kappa shape index (κ1) is 20.0. The molecule has 0 spiro atoms. The van der Waals surface area contributed by atoms with Gasteiger partial charge < -0.3 is 18.9 Å². The molecule has 156 valence electrons. The van der Waals surface area contributed by atoms with Gasteiger partial charge in [-0.15, -0.1) is 0 Å². The summed E-state index contributed by atoms with van der Waals surface area (Å²) < 4.78 is 16.5. The SMILES string of the molecule is COc1cc(-c2cccc(C3=CCN(C(=O)OC(C)(C)C)C3)c2)cc2onc(C)c12. The van der Waals surface area contributed by atoms with Crippen LogP contribution in [0.15, 0.2) is 47.0 Å². The van der Waals surface area contributed by atoms with Crippen LogP contribution in [0.4, 0.5) is 4.79 Å². The first-order valence-corrected chi connectivity index (χ1v) is 9.97. The molecule has 6 nitrogen and oxygen atoms in total. The summed E-state index contributed by atoms with van der Waals surface area (Å²) in [6, 6.07) is 12.2. The zero-order valence-corrected chi connectivity index (χ0v) is 18.0. The number of hydrogen-bond donors (Lipinski definition) is 0. The van der Waals surface area contributed by atoms with Crippen molar-refractivity contribution < 1.29 is 18.8 Å². The van der Waals surface area contributed by atoms with E-state index in [1.807, 2.05) is 45.9 Å². The molecule has 1 amide bonds. The van der Waals surface area contributed by atoms with E-state index in [9.17, 15) is 4.79 Å². The summed E-state index contributed by atoms with van der Waals surface area (Å²) in [7, 11) is 1.65. The van der Waals surface area contributed by atoms with Crippen molar-refractivity contribution in [1.82, 2.24) is 10.1 Å². The van der Waals surface area contributed by atoms with Crippen LogP contribution in [0.2, 0.25) is 0 Å². The number of carbonyl (C=O) groups excluding carboxylic acids is 1. The molecule has 3 aromatic rings. The van der Waals surface area contributed by atoms with Gasteiger partial charge in [-0.05, 0) is 68.2 Å². The highest BCUT2D eigenvalue weighted by Gasteiger charge is 2.25. The normalized spacial score (nSPS) is 14.2. The largest absolute Gasteiger partial charge is 0.496 e. The molecule has 0 bridgehead atoms. The number of amides is 1. The van der Waals surface area contributed by atoms with Gasteiger partial charge in [0.05, 0.1) is 18.2 Å². The lowest BCUT2D eigenvalue weighted by atomic mass is 9.98. The topological polar surface area (TPSA) is 64.8 Å². The molecule has 2 heterocycles. The Bertz CT molecular complexity index is 1140. The van der Waals surface area contributed by atoms with Gasteiger partial charge in [-0.1, -0.05) is 29.4 Å². The first-order valence-electron chi connectivity index (χ1n) is 9.97. The average molecular weight is 406 g/mol. The van der Waals surface area contributed by atoms with E-state index in [2.05, 4.69) is 29.4 Å². The fourth-order valence-electron chi connectivity index (χ4n) is 3.64. The van der Waals surface area contributed by atoms with E-state index in [-0.39, 0.29) is 6.09 Å². The Balaban J connectivity index is 1.60. The van der Waals surface area contributed by atoms with Crippen LogP contribution in [-0.4, -0.2) is 42.0 Å². The Hall–Kier alpha value is -3.28. The second-order valence-electron chi connectivity index (χ2n) is 8.49. The Morgan fingerprint density at radius 1 is 1.13 bits per heavy atom. The summed E-state index contributed by atoms with van der Waals surface area (Å²) in [6.07, 6.45) is 1.79. The molecular formula is C24H26N2O4. The molecule has 4 rings (SSSR count). The van der Waals surface area contributed by atoms with Crippen molar-refractivity contribution in [1.29, 1.82) is 0 Å². The minimum atomic E-state index is -0.503. The number of hydrogen-bond acceptors (Lipinski definition) is 5. The van der Waals surface area contributed by atoms with Gasteiger partial charge in [-0.25, -0.2) is 4.79 Å². The van der Waals surface area contributed by atoms with Crippen molar-refractivity contribution in [2.45, 2.75) is 33.3 Å². The highest BCUT2D eigenvalue weighted by molar-refractivity contribution is 5.91. The molecule has 0 aliphatic carbocycles. The Morgan fingerprint density at radius 3 is 2.63 bits per heavy atom. The van der Waals surface area contributed by atoms with E-state index in [0.717, 1.165) is 39.1 Å². The Morgan fingerprint density at radius 2 is 1.90 bits per heavy atom. The predicted octanol–water partition coefficient (Wildman–Crippen LogP) is 5.45. The molecule has 0 saturated heterocycles. The smallest absolute Gasteiger partial charge is 0.410 e. The second kappa shape index (κ2) is 7.52. The van der Waals surface area contributed by atoms with Crippen LogP contribution in [0.25, 0.3) is 27.7 Å². The van der Waals surface area contributed by atoms with E-state index in [1.165, 1.54) is 0 Å². The van der Waals surface area contributed by atoms with Crippen molar-refractivity contribution >= 4 is 22.6 Å². The molecule has 1 aromatic heterocycles. The third kappa shape index (κ3) is 3.90. The zero-order chi connectivity index (χ0) is 21.5. The maximum atomic E-state index is 12.4. The molecule has 0 unspecified atom stereocenters. The lowest BCUT2D eigenvalue weighted by Gasteiger charge is -2.24. The third-order valence-corrected chi connectivity index (χ3v) is 5.07. The van der Waals surface area contributed by atoms with Crippen molar-refractivity contribution in [3.05, 3.63) is 53.7 Å². The van der Waals surface area contributed by atoms with Gasteiger partial charge in [0.15, 0.2) is 5.58 Å². The number of rotatable bonds is 3. The standard InChI is InChI=1S/C24H26N2O4/c1-15-22-20(28-5)12-19(13-21(22)30-25-15)17-8-6-7-16(11-17)18-9-10-26(14-18)23(27)29-24(2,3)4/h6-9,11-13H,10,14H2,1-5H3. The molecule has 30 heavy (non-hydrogen) atoms. The number of benzene rings is 2. The number of ether oxygens (including phenoxy) is 2. The molecule has 0 atom stereocenters. The van der Waals surface area contributed by atoms with E-state index >= 15 is 0 Å². The molecule has 0 radical (unpaired) electrons. The van der Waals surface area contributed by atoms with Crippen LogP contribution in [0.3, 0.4) is 0 Å². The summed E-state index contributed by atoms with van der Waals surface area (Å²) in [5.41, 5.74) is 5.20. The molecule has 0 N–H and O–H groups in total. The van der Waals surface area contributed by atoms with E-state index < -0.39 is 5.60 Å². The molecular weight excluding hydrogens is 380 g/mol. The van der Waals surface area contributed by atoms with Gasteiger partial charge in [0.1, 0.15) is 11.4 Å². The maximum absolute atomic E-state index is 12.4. The average Bonchev–Trinajstić information content (AvgIpc) is 3.34. The van der Waals surface area contributed by atoms with Gasteiger partial charge in [0, 0.05) is 13.1 Å². The van der Waals surface area contributed by atoms with Crippen LogP contribution in [0.1, 0.15) is 32.0 Å². The van der Waals surface area contributed by atoms with Crippen LogP contribution in [0.5, 0.6) is 5.75 Å². The Labute approximate surface area is 176 Å². The number of aryl methyl sites for hydroxylation is 1. The van der Waals surface area contributed by atoms with E-state index in [1.54, 1.807) is 12.0 Å². The lowest BCUT2D eigenvalue weighted by molar-refractivity contribution is 0.0306. The number of nitrogens with zero attached hydrogens (tertiary/aromatic N) is 2. The summed E-state index contributed by atoms with van der Waals surface area (Å²) in [6.45, 7) is 8.60. The molecule has 1 aliphatic rings. The van der Waals surface area contributed by atoms with Gasteiger partial charge in [0.25, 0.3) is 0 Å².